The third kappa shape index (κ3) is 4.59. The van der Waals surface area contributed by atoms with Gasteiger partial charge in [0.25, 0.3) is 5.91 Å². The normalized spacial score (nSPS) is 17.6. The zero-order valence-corrected chi connectivity index (χ0v) is 24.5. The molecule has 7 heterocycles. The highest BCUT2D eigenvalue weighted by atomic mass is 16.5. The van der Waals surface area contributed by atoms with Crippen LogP contribution < -0.4 is 20.1 Å². The van der Waals surface area contributed by atoms with Crippen molar-refractivity contribution in [2.24, 2.45) is 5.41 Å². The molecular weight excluding hydrogens is 562 g/mol. The van der Waals surface area contributed by atoms with Gasteiger partial charge in [-0.3, -0.25) is 9.78 Å². The Labute approximate surface area is 253 Å². The molecule has 44 heavy (non-hydrogen) atoms. The molecular formula is C31H33N9O4. The van der Waals surface area contributed by atoms with Gasteiger partial charge in [-0.25, -0.2) is 14.2 Å². The standard InChI is InChI=1S/C31H33N9O4/c1-42-27-14-23-26(44-12-7-32-23)15-25(27)40-24-13-22(20-17-36-39-8-2-5-33-29(20)39)35-16-21(24)28(37-40)30(41)34-6-9-38-18-31(19-38)3-10-43-11-4-31/h2,5,8,13-17,32H,3-4,6-7,9-12,18-19H2,1H3,(H,34,41). The second-order valence-electron chi connectivity index (χ2n) is 11.7. The van der Waals surface area contributed by atoms with E-state index in [-0.39, 0.29) is 5.91 Å². The zero-order chi connectivity index (χ0) is 29.7. The number of amides is 1. The summed E-state index contributed by atoms with van der Waals surface area (Å²) in [5.74, 6) is 1.03. The quantitative estimate of drug-likeness (QED) is 0.289. The van der Waals surface area contributed by atoms with E-state index < -0.39 is 0 Å². The van der Waals surface area contributed by atoms with Gasteiger partial charge >= 0.3 is 0 Å². The molecule has 4 aromatic heterocycles. The van der Waals surface area contributed by atoms with E-state index in [0.717, 1.165) is 56.9 Å². The van der Waals surface area contributed by atoms with Crippen LogP contribution in [-0.2, 0) is 4.74 Å². The van der Waals surface area contributed by atoms with Crippen molar-refractivity contribution in [1.82, 2.24) is 39.6 Å². The Bertz CT molecular complexity index is 1870. The number of carbonyl (C=O) groups is 1. The Morgan fingerprint density at radius 1 is 1.14 bits per heavy atom. The zero-order valence-electron chi connectivity index (χ0n) is 24.5. The van der Waals surface area contributed by atoms with Crippen molar-refractivity contribution in [3.63, 3.8) is 0 Å². The lowest BCUT2D eigenvalue weighted by Gasteiger charge is -2.52. The van der Waals surface area contributed by atoms with Gasteiger partial charge in [-0.2, -0.15) is 10.2 Å². The highest BCUT2D eigenvalue weighted by molar-refractivity contribution is 6.05. The third-order valence-electron chi connectivity index (χ3n) is 8.91. The number of likely N-dealkylation sites (tertiary alicyclic amines) is 1. The number of benzene rings is 1. The molecule has 13 nitrogen and oxygen atoms in total. The van der Waals surface area contributed by atoms with Gasteiger partial charge in [0, 0.05) is 82.1 Å². The van der Waals surface area contributed by atoms with Crippen molar-refractivity contribution in [2.75, 3.05) is 65.0 Å². The van der Waals surface area contributed by atoms with Gasteiger partial charge in [0.05, 0.1) is 41.2 Å². The van der Waals surface area contributed by atoms with Crippen LogP contribution in [0.2, 0.25) is 0 Å². The van der Waals surface area contributed by atoms with E-state index in [1.807, 2.05) is 30.5 Å². The van der Waals surface area contributed by atoms with E-state index in [2.05, 4.69) is 25.6 Å². The van der Waals surface area contributed by atoms with Gasteiger partial charge in [-0.1, -0.05) is 0 Å². The van der Waals surface area contributed by atoms with E-state index in [0.29, 0.717) is 70.2 Å². The molecule has 0 radical (unpaired) electrons. The Hall–Kier alpha value is -4.75. The summed E-state index contributed by atoms with van der Waals surface area (Å²) in [4.78, 5) is 25.2. The number of ether oxygens (including phenoxy) is 3. The van der Waals surface area contributed by atoms with Crippen molar-refractivity contribution >= 4 is 28.1 Å². The number of rotatable bonds is 7. The monoisotopic (exact) mass is 595 g/mol. The molecule has 2 saturated heterocycles. The second-order valence-corrected chi connectivity index (χ2v) is 11.7. The first-order chi connectivity index (χ1) is 21.6. The molecule has 226 valence electrons. The summed E-state index contributed by atoms with van der Waals surface area (Å²) in [6.45, 7) is 6.40. The Balaban J connectivity index is 1.14. The molecule has 8 rings (SSSR count). The van der Waals surface area contributed by atoms with Gasteiger partial charge in [-0.15, -0.1) is 0 Å². The molecule has 1 spiro atoms. The van der Waals surface area contributed by atoms with Crippen molar-refractivity contribution in [1.29, 1.82) is 0 Å². The first-order valence-electron chi connectivity index (χ1n) is 15.0. The van der Waals surface area contributed by atoms with E-state index in [4.69, 9.17) is 24.3 Å². The van der Waals surface area contributed by atoms with E-state index in [1.54, 1.807) is 34.9 Å². The van der Waals surface area contributed by atoms with E-state index >= 15 is 0 Å². The maximum Gasteiger partial charge on any atom is 0.272 e. The molecule has 1 aromatic carbocycles. The minimum atomic E-state index is -0.253. The van der Waals surface area contributed by atoms with Crippen LogP contribution in [0.4, 0.5) is 5.69 Å². The number of methoxy groups -OCH3 is 1. The van der Waals surface area contributed by atoms with Crippen molar-refractivity contribution in [3.8, 4) is 28.4 Å². The van der Waals surface area contributed by atoms with Crippen LogP contribution in [0.15, 0.2) is 49.1 Å². The summed E-state index contributed by atoms with van der Waals surface area (Å²) in [5, 5.41) is 16.3. The van der Waals surface area contributed by atoms with Gasteiger partial charge in [0.15, 0.2) is 11.3 Å². The number of carbonyl (C=O) groups excluding carboxylic acids is 1. The van der Waals surface area contributed by atoms with E-state index in [1.165, 1.54) is 0 Å². The second kappa shape index (κ2) is 10.8. The van der Waals surface area contributed by atoms with Crippen LogP contribution >= 0.6 is 0 Å². The minimum Gasteiger partial charge on any atom is -0.494 e. The molecule has 2 N–H and O–H groups in total. The fourth-order valence-corrected chi connectivity index (χ4v) is 6.59. The van der Waals surface area contributed by atoms with Gasteiger partial charge in [0.2, 0.25) is 0 Å². The summed E-state index contributed by atoms with van der Waals surface area (Å²) in [6, 6.07) is 7.52. The molecule has 13 heteroatoms. The highest BCUT2D eigenvalue weighted by Crippen LogP contribution is 2.40. The lowest BCUT2D eigenvalue weighted by Crippen LogP contribution is -2.59. The fraction of sp³-hybridized carbons (Fsp3) is 0.387. The summed E-state index contributed by atoms with van der Waals surface area (Å²) >= 11 is 0. The topological polar surface area (TPSA) is 133 Å². The van der Waals surface area contributed by atoms with Crippen LogP contribution in [0.1, 0.15) is 23.3 Å². The molecule has 5 aromatic rings. The molecule has 0 saturated carbocycles. The Morgan fingerprint density at radius 3 is 2.89 bits per heavy atom. The minimum absolute atomic E-state index is 0.253. The van der Waals surface area contributed by atoms with Crippen LogP contribution in [0, 0.1) is 5.41 Å². The molecule has 2 fully saturated rings. The molecule has 3 aliphatic heterocycles. The lowest BCUT2D eigenvalue weighted by atomic mass is 9.73. The molecule has 1 amide bonds. The molecule has 0 unspecified atom stereocenters. The van der Waals surface area contributed by atoms with Gasteiger partial charge < -0.3 is 29.7 Å². The van der Waals surface area contributed by atoms with Crippen LogP contribution in [0.3, 0.4) is 0 Å². The molecule has 0 atom stereocenters. The van der Waals surface area contributed by atoms with Crippen molar-refractivity contribution in [2.45, 2.75) is 12.8 Å². The van der Waals surface area contributed by atoms with Crippen molar-refractivity contribution < 1.29 is 19.0 Å². The maximum absolute atomic E-state index is 13.6. The number of fused-ring (bicyclic) bond motifs is 3. The SMILES string of the molecule is COc1cc2c(cc1-n1nc(C(=O)NCCN3CC4(CCOCC4)C3)c3cnc(-c4cnn5cccnc45)cc31)OCCN2. The number of aromatic nitrogens is 6. The number of hydrogen-bond donors (Lipinski definition) is 2. The predicted molar refractivity (Wildman–Crippen MR) is 163 cm³/mol. The number of nitrogens with zero attached hydrogens (tertiary/aromatic N) is 7. The van der Waals surface area contributed by atoms with Gasteiger partial charge in [0.1, 0.15) is 23.8 Å². The summed E-state index contributed by atoms with van der Waals surface area (Å²) in [5.41, 5.74) is 4.99. The first-order valence-corrected chi connectivity index (χ1v) is 15.0. The van der Waals surface area contributed by atoms with Gasteiger partial charge in [-0.05, 0) is 25.0 Å². The van der Waals surface area contributed by atoms with Crippen LogP contribution in [-0.4, -0.2) is 99.8 Å². The number of pyridine rings is 1. The highest BCUT2D eigenvalue weighted by Gasteiger charge is 2.43. The van der Waals surface area contributed by atoms with Crippen LogP contribution in [0.5, 0.6) is 11.5 Å². The van der Waals surface area contributed by atoms with Crippen LogP contribution in [0.25, 0.3) is 33.5 Å². The Morgan fingerprint density at radius 2 is 2.02 bits per heavy atom. The average Bonchev–Trinajstić information content (AvgIpc) is 3.65. The third-order valence-corrected chi connectivity index (χ3v) is 8.91. The largest absolute Gasteiger partial charge is 0.494 e. The molecule has 0 bridgehead atoms. The lowest BCUT2D eigenvalue weighted by molar-refractivity contribution is -0.0794. The first kappa shape index (κ1) is 26.8. The average molecular weight is 596 g/mol. The number of nitrogens with one attached hydrogen (secondary N) is 2. The summed E-state index contributed by atoms with van der Waals surface area (Å²) < 4.78 is 20.7. The molecule has 3 aliphatic rings. The smallest absolute Gasteiger partial charge is 0.272 e. The summed E-state index contributed by atoms with van der Waals surface area (Å²) in [6.07, 6.45) is 9.24. The number of hydrogen-bond acceptors (Lipinski definition) is 10. The fourth-order valence-electron chi connectivity index (χ4n) is 6.59. The Kier molecular flexibility index (Phi) is 6.56. The molecule has 0 aliphatic carbocycles. The summed E-state index contributed by atoms with van der Waals surface area (Å²) in [7, 11) is 1.62. The number of anilines is 1. The maximum atomic E-state index is 13.6. The predicted octanol–water partition coefficient (Wildman–Crippen LogP) is 2.79. The van der Waals surface area contributed by atoms with Crippen molar-refractivity contribution in [3.05, 3.63) is 54.7 Å². The van der Waals surface area contributed by atoms with E-state index in [9.17, 15) is 4.79 Å².